The van der Waals surface area contributed by atoms with Gasteiger partial charge in [0.05, 0.1) is 38.6 Å². The number of allylic oxidation sites excluding steroid dienone is 1. The number of hydrogen-bond acceptors (Lipinski definition) is 6. The second kappa shape index (κ2) is 11.7. The molecule has 1 unspecified atom stereocenters. The van der Waals surface area contributed by atoms with Crippen molar-refractivity contribution >= 4 is 29.6 Å². The Hall–Kier alpha value is -3.21. The van der Waals surface area contributed by atoms with Crippen LogP contribution in [0.2, 0.25) is 0 Å². The molecule has 3 N–H and O–H groups in total. The van der Waals surface area contributed by atoms with Crippen LogP contribution in [0.25, 0.3) is 5.57 Å². The fourth-order valence-electron chi connectivity index (χ4n) is 2.73. The monoisotopic (exact) mass is 431 g/mol. The molecule has 0 radical (unpaired) electrons. The van der Waals surface area contributed by atoms with Crippen LogP contribution in [0.5, 0.6) is 17.2 Å². The molecule has 160 valence electrons. The van der Waals surface area contributed by atoms with Crippen LogP contribution in [-0.2, 0) is 4.79 Å². The average molecular weight is 432 g/mol. The van der Waals surface area contributed by atoms with E-state index in [0.29, 0.717) is 35.1 Å². The third-order valence-electron chi connectivity index (χ3n) is 4.17. The first-order chi connectivity index (χ1) is 13.9. The van der Waals surface area contributed by atoms with Crippen molar-refractivity contribution in [2.24, 2.45) is 5.73 Å². The first kappa shape index (κ1) is 24.8. The van der Waals surface area contributed by atoms with Gasteiger partial charge in [-0.3, -0.25) is 4.79 Å². The molecule has 0 bridgehead atoms. The largest absolute Gasteiger partial charge is 0.495 e. The van der Waals surface area contributed by atoms with E-state index in [2.05, 4.69) is 11.4 Å². The number of nitrogens with zero attached hydrogens (tertiary/aromatic N) is 1. The molecule has 0 saturated carbocycles. The van der Waals surface area contributed by atoms with Crippen molar-refractivity contribution in [3.05, 3.63) is 53.6 Å². The number of methoxy groups -OCH3 is 2. The topological polar surface area (TPSA) is 107 Å². The Bertz CT molecular complexity index is 952. The van der Waals surface area contributed by atoms with Gasteiger partial charge >= 0.3 is 0 Å². The molecule has 0 aliphatic rings. The molecule has 0 heterocycles. The fourth-order valence-corrected chi connectivity index (χ4v) is 2.73. The lowest BCUT2D eigenvalue weighted by molar-refractivity contribution is -0.117. The number of benzene rings is 2. The summed E-state index contributed by atoms with van der Waals surface area (Å²) in [5.74, 6) is 1.33. The lowest BCUT2D eigenvalue weighted by Gasteiger charge is -2.16. The summed E-state index contributed by atoms with van der Waals surface area (Å²) in [6.07, 6.45) is 1.44. The highest BCUT2D eigenvalue weighted by molar-refractivity contribution is 5.96. The van der Waals surface area contributed by atoms with Crippen LogP contribution in [0.3, 0.4) is 0 Å². The molecule has 0 fully saturated rings. The predicted octanol–water partition coefficient (Wildman–Crippen LogP) is 3.77. The molecule has 1 amide bonds. The Labute approximate surface area is 182 Å². The van der Waals surface area contributed by atoms with Gasteiger partial charge in [-0.05, 0) is 54.8 Å². The third kappa shape index (κ3) is 5.89. The van der Waals surface area contributed by atoms with Gasteiger partial charge in [-0.2, -0.15) is 5.26 Å². The molecule has 30 heavy (non-hydrogen) atoms. The lowest BCUT2D eigenvalue weighted by atomic mass is 9.96. The van der Waals surface area contributed by atoms with Crippen LogP contribution in [0.15, 0.2) is 42.5 Å². The van der Waals surface area contributed by atoms with E-state index in [1.807, 2.05) is 25.1 Å². The van der Waals surface area contributed by atoms with Gasteiger partial charge < -0.3 is 25.3 Å². The lowest BCUT2D eigenvalue weighted by Crippen LogP contribution is -2.32. The highest BCUT2D eigenvalue weighted by Gasteiger charge is 2.15. The van der Waals surface area contributed by atoms with Gasteiger partial charge in [0.15, 0.2) is 11.5 Å². The normalized spacial score (nSPS) is 11.5. The molecule has 0 spiro atoms. The number of rotatable bonds is 8. The molecule has 0 aromatic heterocycles. The summed E-state index contributed by atoms with van der Waals surface area (Å²) >= 11 is 0. The van der Waals surface area contributed by atoms with Crippen molar-refractivity contribution in [3.63, 3.8) is 0 Å². The van der Waals surface area contributed by atoms with Crippen molar-refractivity contribution < 1.29 is 19.0 Å². The Morgan fingerprint density at radius 1 is 1.13 bits per heavy atom. The van der Waals surface area contributed by atoms with Crippen LogP contribution in [-0.4, -0.2) is 32.8 Å². The van der Waals surface area contributed by atoms with Crippen LogP contribution in [0, 0.1) is 11.3 Å². The van der Waals surface area contributed by atoms with E-state index in [4.69, 9.17) is 19.9 Å². The van der Waals surface area contributed by atoms with E-state index in [1.165, 1.54) is 13.2 Å². The van der Waals surface area contributed by atoms with Crippen molar-refractivity contribution in [1.29, 1.82) is 5.26 Å². The Morgan fingerprint density at radius 3 is 2.27 bits per heavy atom. The molecular weight excluding hydrogens is 406 g/mol. The van der Waals surface area contributed by atoms with Crippen LogP contribution >= 0.6 is 12.4 Å². The van der Waals surface area contributed by atoms with E-state index >= 15 is 0 Å². The highest BCUT2D eigenvalue weighted by atomic mass is 35.5. The van der Waals surface area contributed by atoms with Crippen LogP contribution in [0.1, 0.15) is 25.0 Å². The van der Waals surface area contributed by atoms with Crippen LogP contribution in [0.4, 0.5) is 5.69 Å². The number of carbonyl (C=O) groups is 1. The van der Waals surface area contributed by atoms with E-state index in [9.17, 15) is 10.1 Å². The highest BCUT2D eigenvalue weighted by Crippen LogP contribution is 2.35. The quantitative estimate of drug-likeness (QED) is 0.616. The molecule has 0 saturated heterocycles. The number of amides is 1. The van der Waals surface area contributed by atoms with Gasteiger partial charge in [-0.15, -0.1) is 12.4 Å². The minimum Gasteiger partial charge on any atom is -0.495 e. The zero-order valence-electron chi connectivity index (χ0n) is 17.4. The van der Waals surface area contributed by atoms with E-state index in [1.54, 1.807) is 32.2 Å². The number of nitrogens with one attached hydrogen (secondary N) is 1. The van der Waals surface area contributed by atoms with Gasteiger partial charge in [-0.25, -0.2) is 0 Å². The number of halogens is 1. The molecule has 2 aromatic rings. The molecule has 0 aliphatic carbocycles. The molecular formula is C22H26ClN3O4. The standard InChI is InChI=1S/C22H25N3O4.ClH/c1-5-29-21-13-16(7-9-20(21)28-4)17(10-11-23)15-6-8-19(27-3)18(12-15)25-22(26)14(2)24;/h6-10,12-14H,5,24H2,1-4H3,(H,25,26);1H/b17-10-;. The number of hydrogen-bond donors (Lipinski definition) is 2. The first-order valence-electron chi connectivity index (χ1n) is 9.11. The van der Waals surface area contributed by atoms with Crippen molar-refractivity contribution in [1.82, 2.24) is 0 Å². The van der Waals surface area contributed by atoms with Gasteiger partial charge in [0.1, 0.15) is 5.75 Å². The molecule has 8 heteroatoms. The van der Waals surface area contributed by atoms with Crippen LogP contribution < -0.4 is 25.3 Å². The maximum atomic E-state index is 12.1. The molecule has 1 atom stereocenters. The Morgan fingerprint density at radius 2 is 1.73 bits per heavy atom. The zero-order chi connectivity index (χ0) is 21.4. The number of ether oxygens (including phenoxy) is 3. The maximum absolute atomic E-state index is 12.1. The van der Waals surface area contributed by atoms with Gasteiger partial charge in [0.2, 0.25) is 5.91 Å². The summed E-state index contributed by atoms with van der Waals surface area (Å²) in [7, 11) is 3.08. The van der Waals surface area contributed by atoms with E-state index < -0.39 is 6.04 Å². The number of nitrogens with two attached hydrogens (primary N) is 1. The van der Waals surface area contributed by atoms with Crippen molar-refractivity contribution in [2.75, 3.05) is 26.1 Å². The zero-order valence-corrected chi connectivity index (χ0v) is 18.2. The number of carbonyl (C=O) groups excluding carboxylic acids is 1. The van der Waals surface area contributed by atoms with Gasteiger partial charge in [-0.1, -0.05) is 12.1 Å². The Balaban J connectivity index is 0.00000450. The second-order valence-electron chi connectivity index (χ2n) is 6.18. The molecule has 2 rings (SSSR count). The summed E-state index contributed by atoms with van der Waals surface area (Å²) in [4.78, 5) is 12.1. The van der Waals surface area contributed by atoms with Crippen molar-refractivity contribution in [2.45, 2.75) is 19.9 Å². The van der Waals surface area contributed by atoms with Gasteiger partial charge in [0.25, 0.3) is 0 Å². The molecule has 2 aromatic carbocycles. The van der Waals surface area contributed by atoms with Gasteiger partial charge in [0, 0.05) is 6.08 Å². The second-order valence-corrected chi connectivity index (χ2v) is 6.18. The summed E-state index contributed by atoms with van der Waals surface area (Å²) in [6.45, 7) is 3.96. The maximum Gasteiger partial charge on any atom is 0.241 e. The SMILES string of the molecule is CCOc1cc(/C(=C\C#N)c2ccc(OC)c(NC(=O)C(C)N)c2)ccc1OC.Cl. The summed E-state index contributed by atoms with van der Waals surface area (Å²) in [5, 5.41) is 12.1. The van der Waals surface area contributed by atoms with Crippen molar-refractivity contribution in [3.8, 4) is 23.3 Å². The fraction of sp³-hybridized carbons (Fsp3) is 0.273. The predicted molar refractivity (Wildman–Crippen MR) is 119 cm³/mol. The number of nitriles is 1. The minimum absolute atomic E-state index is 0. The molecule has 0 aliphatic heterocycles. The average Bonchev–Trinajstić information content (AvgIpc) is 2.72. The first-order valence-corrected chi connectivity index (χ1v) is 9.11. The third-order valence-corrected chi connectivity index (χ3v) is 4.17. The Kier molecular flexibility index (Phi) is 9.69. The smallest absolute Gasteiger partial charge is 0.241 e. The number of anilines is 1. The minimum atomic E-state index is -0.673. The molecule has 7 nitrogen and oxygen atoms in total. The summed E-state index contributed by atoms with van der Waals surface area (Å²) in [6, 6.07) is 12.1. The summed E-state index contributed by atoms with van der Waals surface area (Å²) < 4.78 is 16.3. The summed E-state index contributed by atoms with van der Waals surface area (Å²) in [5.41, 5.74) is 8.27. The van der Waals surface area contributed by atoms with E-state index in [0.717, 1.165) is 11.1 Å². The van der Waals surface area contributed by atoms with E-state index in [-0.39, 0.29) is 18.3 Å².